The van der Waals surface area contributed by atoms with Crippen molar-refractivity contribution in [1.82, 2.24) is 9.88 Å². The second-order valence-corrected chi connectivity index (χ2v) is 8.51. The van der Waals surface area contributed by atoms with Crippen LogP contribution in [0.3, 0.4) is 0 Å². The van der Waals surface area contributed by atoms with E-state index in [1.807, 2.05) is 30.5 Å². The van der Waals surface area contributed by atoms with Gasteiger partial charge < -0.3 is 10.3 Å². The highest BCUT2D eigenvalue weighted by Crippen LogP contribution is 2.20. The smallest absolute Gasteiger partial charge is 0.238 e. The van der Waals surface area contributed by atoms with Gasteiger partial charge in [0.2, 0.25) is 5.91 Å². The predicted molar refractivity (Wildman–Crippen MR) is 103 cm³/mol. The molecule has 0 unspecified atom stereocenters. The van der Waals surface area contributed by atoms with Gasteiger partial charge in [-0.2, -0.15) is 0 Å². The Kier molecular flexibility index (Phi) is 5.29. The van der Waals surface area contributed by atoms with Crippen LogP contribution in [0.1, 0.15) is 5.56 Å². The molecule has 8 heteroatoms. The zero-order valence-corrected chi connectivity index (χ0v) is 15.8. The first-order valence-electron chi connectivity index (χ1n) is 8.27. The molecule has 0 aliphatic carbocycles. The van der Waals surface area contributed by atoms with E-state index in [9.17, 15) is 17.6 Å². The largest absolute Gasteiger partial charge is 0.361 e. The lowest BCUT2D eigenvalue weighted by Crippen LogP contribution is -2.30. The van der Waals surface area contributed by atoms with E-state index >= 15 is 0 Å². The SMILES string of the molecule is CN(CC(=O)Nc1cc(S(C)(=O)=O)ccc1F)Cc1cccc2[nH]ccc12. The third-order valence-corrected chi connectivity index (χ3v) is 5.29. The van der Waals surface area contributed by atoms with Crippen LogP contribution in [0.15, 0.2) is 53.6 Å². The highest BCUT2D eigenvalue weighted by molar-refractivity contribution is 7.90. The van der Waals surface area contributed by atoms with Gasteiger partial charge in [0.05, 0.1) is 17.1 Å². The number of carbonyl (C=O) groups excluding carboxylic acids is 1. The molecule has 0 saturated carbocycles. The van der Waals surface area contributed by atoms with Crippen molar-refractivity contribution in [2.75, 3.05) is 25.2 Å². The number of nitrogens with one attached hydrogen (secondary N) is 2. The summed E-state index contributed by atoms with van der Waals surface area (Å²) in [7, 11) is -1.70. The Balaban J connectivity index is 1.68. The van der Waals surface area contributed by atoms with E-state index in [1.165, 1.54) is 6.07 Å². The van der Waals surface area contributed by atoms with Crippen molar-refractivity contribution in [3.05, 3.63) is 60.0 Å². The van der Waals surface area contributed by atoms with E-state index in [-0.39, 0.29) is 17.1 Å². The van der Waals surface area contributed by atoms with E-state index in [0.717, 1.165) is 34.9 Å². The molecule has 142 valence electrons. The quantitative estimate of drug-likeness (QED) is 0.635. The molecular weight excluding hydrogens is 369 g/mol. The Morgan fingerprint density at radius 1 is 1.22 bits per heavy atom. The van der Waals surface area contributed by atoms with Crippen molar-refractivity contribution in [2.24, 2.45) is 0 Å². The lowest BCUT2D eigenvalue weighted by Gasteiger charge is -2.17. The Bertz CT molecular complexity index is 1090. The van der Waals surface area contributed by atoms with Gasteiger partial charge in [0.25, 0.3) is 0 Å². The Hall–Kier alpha value is -2.71. The molecule has 1 amide bonds. The standard InChI is InChI=1S/C19H20FN3O3S/c1-23(11-13-4-3-5-17-15(13)8-9-21-17)12-19(24)22-18-10-14(27(2,25)26)6-7-16(18)20/h3-10,21H,11-12H2,1-2H3,(H,22,24). The second kappa shape index (κ2) is 7.50. The van der Waals surface area contributed by atoms with Crippen LogP contribution in [-0.2, 0) is 21.2 Å². The monoisotopic (exact) mass is 389 g/mol. The molecule has 0 aliphatic heterocycles. The number of halogens is 1. The number of sulfone groups is 1. The number of hydrogen-bond donors (Lipinski definition) is 2. The van der Waals surface area contributed by atoms with Crippen molar-refractivity contribution in [3.8, 4) is 0 Å². The number of rotatable bonds is 6. The molecule has 3 aromatic rings. The van der Waals surface area contributed by atoms with Gasteiger partial charge in [0.1, 0.15) is 5.82 Å². The van der Waals surface area contributed by atoms with Crippen LogP contribution in [0.5, 0.6) is 0 Å². The average Bonchev–Trinajstić information content (AvgIpc) is 3.05. The van der Waals surface area contributed by atoms with Gasteiger partial charge in [-0.3, -0.25) is 9.69 Å². The molecule has 0 saturated heterocycles. The molecule has 0 aliphatic rings. The van der Waals surface area contributed by atoms with E-state index in [4.69, 9.17) is 0 Å². The van der Waals surface area contributed by atoms with Gasteiger partial charge in [-0.25, -0.2) is 12.8 Å². The van der Waals surface area contributed by atoms with Crippen LogP contribution in [0.4, 0.5) is 10.1 Å². The van der Waals surface area contributed by atoms with Crippen LogP contribution < -0.4 is 5.32 Å². The molecule has 27 heavy (non-hydrogen) atoms. The van der Waals surface area contributed by atoms with Crippen LogP contribution in [0.2, 0.25) is 0 Å². The van der Waals surface area contributed by atoms with Crippen LogP contribution >= 0.6 is 0 Å². The van der Waals surface area contributed by atoms with E-state index in [0.29, 0.717) is 6.54 Å². The van der Waals surface area contributed by atoms with Crippen molar-refractivity contribution < 1.29 is 17.6 Å². The first-order valence-corrected chi connectivity index (χ1v) is 10.2. The summed E-state index contributed by atoms with van der Waals surface area (Å²) < 4.78 is 37.1. The minimum atomic E-state index is -3.49. The Morgan fingerprint density at radius 2 is 2.00 bits per heavy atom. The zero-order chi connectivity index (χ0) is 19.6. The summed E-state index contributed by atoms with van der Waals surface area (Å²) in [5.41, 5.74) is 1.93. The van der Waals surface area contributed by atoms with Gasteiger partial charge in [-0.1, -0.05) is 12.1 Å². The highest BCUT2D eigenvalue weighted by Gasteiger charge is 2.15. The summed E-state index contributed by atoms with van der Waals surface area (Å²) in [4.78, 5) is 17.2. The summed E-state index contributed by atoms with van der Waals surface area (Å²) in [5, 5.41) is 3.53. The number of H-pyrrole nitrogens is 1. The molecule has 0 bridgehead atoms. The third-order valence-electron chi connectivity index (χ3n) is 4.18. The first kappa shape index (κ1) is 19.1. The normalized spacial score (nSPS) is 11.9. The molecule has 6 nitrogen and oxygen atoms in total. The van der Waals surface area contributed by atoms with E-state index < -0.39 is 21.6 Å². The number of fused-ring (bicyclic) bond motifs is 1. The number of likely N-dealkylation sites (N-methyl/N-ethyl adjacent to an activating group) is 1. The number of nitrogens with zero attached hydrogens (tertiary/aromatic N) is 1. The molecule has 0 fully saturated rings. The lowest BCUT2D eigenvalue weighted by atomic mass is 10.1. The molecule has 0 radical (unpaired) electrons. The zero-order valence-electron chi connectivity index (χ0n) is 15.0. The molecule has 2 aromatic carbocycles. The predicted octanol–water partition coefficient (Wildman–Crippen LogP) is 2.78. The summed E-state index contributed by atoms with van der Waals surface area (Å²) >= 11 is 0. The topological polar surface area (TPSA) is 82.3 Å². The first-order chi connectivity index (χ1) is 12.7. The van der Waals surface area contributed by atoms with Crippen molar-refractivity contribution in [3.63, 3.8) is 0 Å². The molecule has 2 N–H and O–H groups in total. The number of aromatic amines is 1. The van der Waals surface area contributed by atoms with Crippen molar-refractivity contribution in [2.45, 2.75) is 11.4 Å². The van der Waals surface area contributed by atoms with Crippen molar-refractivity contribution in [1.29, 1.82) is 0 Å². The summed E-state index contributed by atoms with van der Waals surface area (Å²) in [5.74, 6) is -1.11. The number of carbonyl (C=O) groups is 1. The summed E-state index contributed by atoms with van der Waals surface area (Å²) in [6, 6.07) is 11.2. The van der Waals surface area contributed by atoms with Crippen LogP contribution in [0.25, 0.3) is 10.9 Å². The molecule has 0 spiro atoms. The van der Waals surface area contributed by atoms with Gasteiger partial charge in [0.15, 0.2) is 9.84 Å². The number of amides is 1. The Morgan fingerprint density at radius 3 is 2.74 bits per heavy atom. The third kappa shape index (κ3) is 4.53. The van der Waals surface area contributed by atoms with Crippen LogP contribution in [0, 0.1) is 5.82 Å². The second-order valence-electron chi connectivity index (χ2n) is 6.49. The van der Waals surface area contributed by atoms with Gasteiger partial charge >= 0.3 is 0 Å². The fourth-order valence-corrected chi connectivity index (χ4v) is 3.55. The molecule has 1 aromatic heterocycles. The lowest BCUT2D eigenvalue weighted by molar-refractivity contribution is -0.117. The van der Waals surface area contributed by atoms with E-state index in [2.05, 4.69) is 10.3 Å². The molecule has 0 atom stereocenters. The summed E-state index contributed by atoms with van der Waals surface area (Å²) in [6.45, 7) is 0.567. The number of hydrogen-bond acceptors (Lipinski definition) is 4. The maximum atomic E-state index is 13.9. The molecule has 1 heterocycles. The minimum absolute atomic E-state index is 0.0311. The minimum Gasteiger partial charge on any atom is -0.361 e. The summed E-state index contributed by atoms with van der Waals surface area (Å²) in [6.07, 6.45) is 2.89. The van der Waals surface area contributed by atoms with Gasteiger partial charge in [-0.05, 0) is 42.9 Å². The van der Waals surface area contributed by atoms with E-state index in [1.54, 1.807) is 11.9 Å². The van der Waals surface area contributed by atoms with Crippen molar-refractivity contribution >= 4 is 32.3 Å². The van der Waals surface area contributed by atoms with Gasteiger partial charge in [0, 0.05) is 29.9 Å². The molecular formula is C19H20FN3O3S. The average molecular weight is 389 g/mol. The fraction of sp³-hybridized carbons (Fsp3) is 0.211. The van der Waals surface area contributed by atoms with Gasteiger partial charge in [-0.15, -0.1) is 0 Å². The fourth-order valence-electron chi connectivity index (χ4n) is 2.90. The van der Waals surface area contributed by atoms with Crippen LogP contribution in [-0.4, -0.2) is 44.1 Å². The molecule has 3 rings (SSSR count). The maximum absolute atomic E-state index is 13.9. The Labute approximate surface area is 156 Å². The number of aromatic nitrogens is 1. The highest BCUT2D eigenvalue weighted by atomic mass is 32.2. The maximum Gasteiger partial charge on any atom is 0.238 e. The number of benzene rings is 2. The number of anilines is 1.